The van der Waals surface area contributed by atoms with Crippen LogP contribution in [0.4, 0.5) is 0 Å². The molecule has 1 aliphatic heterocycles. The zero-order valence-electron chi connectivity index (χ0n) is 18.3. The van der Waals surface area contributed by atoms with Gasteiger partial charge in [0.05, 0.1) is 0 Å². The molecule has 2 fully saturated rings. The van der Waals surface area contributed by atoms with E-state index in [9.17, 15) is 9.59 Å². The van der Waals surface area contributed by atoms with Crippen LogP contribution in [0.2, 0.25) is 0 Å². The van der Waals surface area contributed by atoms with Gasteiger partial charge in [-0.05, 0) is 67.6 Å². The Morgan fingerprint density at radius 3 is 2.39 bits per heavy atom. The van der Waals surface area contributed by atoms with Gasteiger partial charge in [0.1, 0.15) is 0 Å². The standard InChI is InChI=1S/C25H34N4O2/c30-24(26-19-23-6-7-23)9-8-20-2-4-21(5-3-20)18-22-10-15-28(16-11-22)25(31)12-17-29-14-1-13-27-29/h1-5,13-14,22-23H,6-12,15-19H2,(H,26,30). The van der Waals surface area contributed by atoms with Crippen molar-refractivity contribution in [1.82, 2.24) is 20.0 Å². The highest BCUT2D eigenvalue weighted by Gasteiger charge is 2.23. The van der Waals surface area contributed by atoms with Crippen molar-refractivity contribution in [2.75, 3.05) is 19.6 Å². The van der Waals surface area contributed by atoms with E-state index in [-0.39, 0.29) is 11.8 Å². The Balaban J connectivity index is 1.13. The van der Waals surface area contributed by atoms with Crippen molar-refractivity contribution in [2.45, 2.75) is 57.9 Å². The third kappa shape index (κ3) is 6.94. The molecule has 1 aromatic heterocycles. The maximum absolute atomic E-state index is 12.4. The molecule has 2 aliphatic rings. The van der Waals surface area contributed by atoms with Crippen LogP contribution in [-0.2, 0) is 29.0 Å². The lowest BCUT2D eigenvalue weighted by molar-refractivity contribution is -0.132. The molecule has 0 spiro atoms. The molecule has 1 saturated heterocycles. The number of carbonyl (C=O) groups excluding carboxylic acids is 2. The minimum absolute atomic E-state index is 0.168. The van der Waals surface area contributed by atoms with E-state index in [1.807, 2.05) is 21.8 Å². The molecule has 1 N–H and O–H groups in total. The van der Waals surface area contributed by atoms with E-state index in [4.69, 9.17) is 0 Å². The van der Waals surface area contributed by atoms with Crippen molar-refractivity contribution in [3.63, 3.8) is 0 Å². The van der Waals surface area contributed by atoms with E-state index in [1.54, 1.807) is 6.20 Å². The zero-order valence-corrected chi connectivity index (χ0v) is 18.3. The smallest absolute Gasteiger partial charge is 0.224 e. The van der Waals surface area contributed by atoms with Crippen LogP contribution >= 0.6 is 0 Å². The van der Waals surface area contributed by atoms with Gasteiger partial charge in [0.2, 0.25) is 11.8 Å². The third-order valence-corrected chi connectivity index (χ3v) is 6.55. The number of piperidine rings is 1. The van der Waals surface area contributed by atoms with Crippen LogP contribution in [0.5, 0.6) is 0 Å². The van der Waals surface area contributed by atoms with Gasteiger partial charge >= 0.3 is 0 Å². The molecular formula is C25H34N4O2. The first-order valence-corrected chi connectivity index (χ1v) is 11.8. The molecule has 31 heavy (non-hydrogen) atoms. The van der Waals surface area contributed by atoms with E-state index < -0.39 is 0 Å². The van der Waals surface area contributed by atoms with Crippen LogP contribution < -0.4 is 5.32 Å². The van der Waals surface area contributed by atoms with Gasteiger partial charge in [0.15, 0.2) is 0 Å². The molecule has 4 rings (SSSR count). The van der Waals surface area contributed by atoms with Gasteiger partial charge in [-0.2, -0.15) is 5.10 Å². The van der Waals surface area contributed by atoms with Crippen LogP contribution in [-0.4, -0.2) is 46.1 Å². The number of hydrogen-bond donors (Lipinski definition) is 1. The fourth-order valence-corrected chi connectivity index (χ4v) is 4.29. The summed E-state index contributed by atoms with van der Waals surface area (Å²) in [5.41, 5.74) is 2.58. The van der Waals surface area contributed by atoms with E-state index in [1.165, 1.54) is 24.0 Å². The minimum atomic E-state index is 0.168. The number of aryl methyl sites for hydroxylation is 2. The first-order valence-electron chi connectivity index (χ1n) is 11.8. The molecule has 166 valence electrons. The summed E-state index contributed by atoms with van der Waals surface area (Å²) in [6, 6.07) is 10.6. The van der Waals surface area contributed by atoms with E-state index in [0.717, 1.165) is 51.2 Å². The van der Waals surface area contributed by atoms with Crippen LogP contribution in [0.25, 0.3) is 0 Å². The van der Waals surface area contributed by atoms with Crippen LogP contribution in [0.1, 0.15) is 49.7 Å². The third-order valence-electron chi connectivity index (χ3n) is 6.55. The minimum Gasteiger partial charge on any atom is -0.356 e. The maximum atomic E-state index is 12.4. The van der Waals surface area contributed by atoms with Crippen LogP contribution in [0, 0.1) is 11.8 Å². The summed E-state index contributed by atoms with van der Waals surface area (Å²) in [5.74, 6) is 1.77. The van der Waals surface area contributed by atoms with Crippen molar-refractivity contribution >= 4 is 11.8 Å². The van der Waals surface area contributed by atoms with Crippen molar-refractivity contribution < 1.29 is 9.59 Å². The normalized spacial score (nSPS) is 17.0. The van der Waals surface area contributed by atoms with Gasteiger partial charge in [-0.1, -0.05) is 24.3 Å². The second-order valence-corrected chi connectivity index (χ2v) is 9.11. The SMILES string of the molecule is O=C(CCc1ccc(CC2CCN(C(=O)CCn3cccn3)CC2)cc1)NCC1CC1. The predicted octanol–water partition coefficient (Wildman–Crippen LogP) is 3.21. The van der Waals surface area contributed by atoms with Gasteiger partial charge in [0.25, 0.3) is 0 Å². The number of benzene rings is 1. The van der Waals surface area contributed by atoms with Crippen molar-refractivity contribution in [2.24, 2.45) is 11.8 Å². The summed E-state index contributed by atoms with van der Waals surface area (Å²) < 4.78 is 1.81. The number of rotatable bonds is 10. The second-order valence-electron chi connectivity index (χ2n) is 9.11. The average molecular weight is 423 g/mol. The first kappa shape index (κ1) is 21.6. The van der Waals surface area contributed by atoms with Crippen molar-refractivity contribution in [3.05, 3.63) is 53.9 Å². The lowest BCUT2D eigenvalue weighted by Crippen LogP contribution is -2.39. The number of nitrogens with one attached hydrogen (secondary N) is 1. The summed E-state index contributed by atoms with van der Waals surface area (Å²) >= 11 is 0. The van der Waals surface area contributed by atoms with Gasteiger partial charge < -0.3 is 10.2 Å². The number of nitrogens with zero attached hydrogens (tertiary/aromatic N) is 3. The lowest BCUT2D eigenvalue weighted by Gasteiger charge is -2.32. The van der Waals surface area contributed by atoms with E-state index >= 15 is 0 Å². The molecule has 1 aliphatic carbocycles. The lowest BCUT2D eigenvalue weighted by atomic mass is 9.89. The molecule has 1 saturated carbocycles. The monoisotopic (exact) mass is 422 g/mol. The summed E-state index contributed by atoms with van der Waals surface area (Å²) in [7, 11) is 0. The van der Waals surface area contributed by atoms with Crippen LogP contribution in [0.3, 0.4) is 0 Å². The number of carbonyl (C=O) groups is 2. The highest BCUT2D eigenvalue weighted by Crippen LogP contribution is 2.27. The zero-order chi connectivity index (χ0) is 21.5. The number of aromatic nitrogens is 2. The number of amides is 2. The van der Waals surface area contributed by atoms with Crippen molar-refractivity contribution in [3.8, 4) is 0 Å². The highest BCUT2D eigenvalue weighted by molar-refractivity contribution is 5.76. The molecule has 0 unspecified atom stereocenters. The molecule has 6 heteroatoms. The maximum Gasteiger partial charge on any atom is 0.224 e. The Morgan fingerprint density at radius 1 is 0.968 bits per heavy atom. The predicted molar refractivity (Wildman–Crippen MR) is 120 cm³/mol. The summed E-state index contributed by atoms with van der Waals surface area (Å²) in [6.07, 6.45) is 11.3. The second kappa shape index (κ2) is 10.6. The Bertz CT molecular complexity index is 835. The van der Waals surface area contributed by atoms with Crippen molar-refractivity contribution in [1.29, 1.82) is 0 Å². The summed E-state index contributed by atoms with van der Waals surface area (Å²) in [6.45, 7) is 3.22. The van der Waals surface area contributed by atoms with Gasteiger partial charge in [0, 0.05) is 51.4 Å². The van der Waals surface area contributed by atoms with E-state index in [0.29, 0.717) is 25.3 Å². The fourth-order valence-electron chi connectivity index (χ4n) is 4.29. The molecule has 0 atom stereocenters. The molecule has 2 aromatic rings. The average Bonchev–Trinajstić information content (AvgIpc) is 3.48. The molecular weight excluding hydrogens is 388 g/mol. The molecule has 1 aromatic carbocycles. The molecule has 6 nitrogen and oxygen atoms in total. The quantitative estimate of drug-likeness (QED) is 0.639. The first-order chi connectivity index (χ1) is 15.2. The highest BCUT2D eigenvalue weighted by atomic mass is 16.2. The summed E-state index contributed by atoms with van der Waals surface area (Å²) in [5, 5.41) is 7.20. The largest absolute Gasteiger partial charge is 0.356 e. The summed E-state index contributed by atoms with van der Waals surface area (Å²) in [4.78, 5) is 26.4. The van der Waals surface area contributed by atoms with Gasteiger partial charge in [-0.25, -0.2) is 0 Å². The molecule has 2 amide bonds. The van der Waals surface area contributed by atoms with Gasteiger partial charge in [-0.15, -0.1) is 0 Å². The Hall–Kier alpha value is -2.63. The van der Waals surface area contributed by atoms with Gasteiger partial charge in [-0.3, -0.25) is 14.3 Å². The molecule has 0 bridgehead atoms. The molecule has 2 heterocycles. The van der Waals surface area contributed by atoms with Crippen LogP contribution in [0.15, 0.2) is 42.7 Å². The molecule has 0 radical (unpaired) electrons. The van der Waals surface area contributed by atoms with E-state index in [2.05, 4.69) is 34.7 Å². The number of likely N-dealkylation sites (tertiary alicyclic amines) is 1. The topological polar surface area (TPSA) is 67.2 Å². The Kier molecular flexibility index (Phi) is 7.39. The Morgan fingerprint density at radius 2 is 1.71 bits per heavy atom. The fraction of sp³-hybridized carbons (Fsp3) is 0.560. The Labute approximate surface area is 185 Å². The number of hydrogen-bond acceptors (Lipinski definition) is 3.